The van der Waals surface area contributed by atoms with Gasteiger partial charge in [-0.15, -0.1) is 0 Å². The van der Waals surface area contributed by atoms with Crippen molar-refractivity contribution in [3.05, 3.63) is 0 Å². The maximum absolute atomic E-state index is 11.5. The third kappa shape index (κ3) is 4.20. The molecule has 1 saturated carbocycles. The number of hydrogen-bond acceptors (Lipinski definition) is 2. The fourth-order valence-corrected chi connectivity index (χ4v) is 2.25. The van der Waals surface area contributed by atoms with E-state index in [0.717, 1.165) is 31.8 Å². The molecule has 0 aromatic carbocycles. The first-order valence-corrected chi connectivity index (χ1v) is 6.34. The highest BCUT2D eigenvalue weighted by molar-refractivity contribution is 5.76. The van der Waals surface area contributed by atoms with Crippen molar-refractivity contribution in [1.29, 1.82) is 0 Å². The molecule has 2 fully saturated rings. The van der Waals surface area contributed by atoms with Crippen molar-refractivity contribution >= 4 is 5.91 Å². The lowest BCUT2D eigenvalue weighted by Gasteiger charge is -2.10. The Kier molecular flexibility index (Phi) is 4.01. The topological polar surface area (TPSA) is 41.1 Å². The molecule has 3 nitrogen and oxygen atoms in total. The van der Waals surface area contributed by atoms with Gasteiger partial charge in [-0.3, -0.25) is 4.79 Å². The van der Waals surface area contributed by atoms with E-state index in [2.05, 4.69) is 10.6 Å². The van der Waals surface area contributed by atoms with E-state index in [1.807, 2.05) is 0 Å². The predicted molar refractivity (Wildman–Crippen MR) is 60.6 cm³/mol. The van der Waals surface area contributed by atoms with Crippen LogP contribution in [0.5, 0.6) is 0 Å². The molecule has 1 saturated heterocycles. The van der Waals surface area contributed by atoms with Crippen molar-refractivity contribution in [2.24, 2.45) is 5.92 Å². The minimum absolute atomic E-state index is 0.227. The Bertz CT molecular complexity index is 208. The zero-order valence-electron chi connectivity index (χ0n) is 9.43. The van der Waals surface area contributed by atoms with Gasteiger partial charge in [0.2, 0.25) is 5.91 Å². The molecule has 1 heterocycles. The molecule has 86 valence electrons. The summed E-state index contributed by atoms with van der Waals surface area (Å²) in [6, 6.07) is 0.438. The molecule has 15 heavy (non-hydrogen) atoms. The molecular formula is C12H22N2O. The first-order valence-electron chi connectivity index (χ1n) is 6.34. The predicted octanol–water partition coefficient (Wildman–Crippen LogP) is 1.43. The normalized spacial score (nSPS) is 25.5. The molecule has 0 radical (unpaired) electrons. The van der Waals surface area contributed by atoms with E-state index < -0.39 is 0 Å². The smallest absolute Gasteiger partial charge is 0.221 e. The van der Waals surface area contributed by atoms with Crippen molar-refractivity contribution in [2.45, 2.75) is 51.0 Å². The zero-order valence-corrected chi connectivity index (χ0v) is 9.43. The molecule has 1 aliphatic heterocycles. The van der Waals surface area contributed by atoms with Crippen LogP contribution in [0.15, 0.2) is 0 Å². The Labute approximate surface area is 92.0 Å². The Balaban J connectivity index is 1.47. The molecule has 0 bridgehead atoms. The third-order valence-electron chi connectivity index (χ3n) is 3.40. The summed E-state index contributed by atoms with van der Waals surface area (Å²) < 4.78 is 0. The highest BCUT2D eigenvalue weighted by Gasteiger charge is 2.20. The second-order valence-electron chi connectivity index (χ2n) is 4.93. The number of rotatable bonds is 6. The van der Waals surface area contributed by atoms with E-state index in [4.69, 9.17) is 0 Å². The molecule has 2 aliphatic rings. The van der Waals surface area contributed by atoms with E-state index in [1.165, 1.54) is 25.7 Å². The minimum Gasteiger partial charge on any atom is -0.356 e. The van der Waals surface area contributed by atoms with Gasteiger partial charge < -0.3 is 10.6 Å². The summed E-state index contributed by atoms with van der Waals surface area (Å²) in [5.41, 5.74) is 0. The molecule has 0 aromatic rings. The average molecular weight is 210 g/mol. The second kappa shape index (κ2) is 5.50. The van der Waals surface area contributed by atoms with Crippen LogP contribution < -0.4 is 10.6 Å². The van der Waals surface area contributed by atoms with Crippen molar-refractivity contribution in [3.63, 3.8) is 0 Å². The average Bonchev–Trinajstić information content (AvgIpc) is 2.91. The summed E-state index contributed by atoms with van der Waals surface area (Å²) in [7, 11) is 0. The van der Waals surface area contributed by atoms with Crippen LogP contribution in [-0.4, -0.2) is 25.0 Å². The number of hydrogen-bond donors (Lipinski definition) is 2. The van der Waals surface area contributed by atoms with Crippen molar-refractivity contribution in [3.8, 4) is 0 Å². The second-order valence-corrected chi connectivity index (χ2v) is 4.93. The van der Waals surface area contributed by atoms with Gasteiger partial charge in [0, 0.05) is 19.0 Å². The molecular weight excluding hydrogens is 188 g/mol. The third-order valence-corrected chi connectivity index (χ3v) is 3.40. The van der Waals surface area contributed by atoms with Crippen molar-refractivity contribution in [1.82, 2.24) is 10.6 Å². The quantitative estimate of drug-likeness (QED) is 0.651. The van der Waals surface area contributed by atoms with Gasteiger partial charge in [0.15, 0.2) is 0 Å². The summed E-state index contributed by atoms with van der Waals surface area (Å²) in [5.74, 6) is 1.21. The van der Waals surface area contributed by atoms with Crippen LogP contribution >= 0.6 is 0 Å². The Morgan fingerprint density at radius 3 is 2.87 bits per heavy atom. The van der Waals surface area contributed by atoms with E-state index in [1.54, 1.807) is 0 Å². The van der Waals surface area contributed by atoms with Gasteiger partial charge in [0.25, 0.3) is 0 Å². The summed E-state index contributed by atoms with van der Waals surface area (Å²) in [6.07, 6.45) is 8.36. The van der Waals surface area contributed by atoms with Gasteiger partial charge in [-0.05, 0) is 38.1 Å². The van der Waals surface area contributed by atoms with Gasteiger partial charge in [0.05, 0.1) is 0 Å². The van der Waals surface area contributed by atoms with Crippen LogP contribution in [0.4, 0.5) is 0 Å². The molecule has 1 unspecified atom stereocenters. The fourth-order valence-electron chi connectivity index (χ4n) is 2.25. The standard InChI is InChI=1S/C12H22N2O/c15-12(9-11-4-2-7-13-11)14-8-1-3-10-5-6-10/h10-11,13H,1-9H2,(H,14,15). The van der Waals surface area contributed by atoms with Crippen LogP contribution in [0.3, 0.4) is 0 Å². The Hall–Kier alpha value is -0.570. The van der Waals surface area contributed by atoms with Gasteiger partial charge in [-0.25, -0.2) is 0 Å². The van der Waals surface area contributed by atoms with Crippen LogP contribution in [0.25, 0.3) is 0 Å². The molecule has 1 amide bonds. The number of amides is 1. The minimum atomic E-state index is 0.227. The maximum atomic E-state index is 11.5. The summed E-state index contributed by atoms with van der Waals surface area (Å²) in [6.45, 7) is 1.96. The van der Waals surface area contributed by atoms with Gasteiger partial charge >= 0.3 is 0 Å². The molecule has 0 aromatic heterocycles. The van der Waals surface area contributed by atoms with Crippen LogP contribution in [0, 0.1) is 5.92 Å². The van der Waals surface area contributed by atoms with E-state index in [9.17, 15) is 4.79 Å². The summed E-state index contributed by atoms with van der Waals surface area (Å²) >= 11 is 0. The molecule has 3 heteroatoms. The molecule has 1 aliphatic carbocycles. The fraction of sp³-hybridized carbons (Fsp3) is 0.917. The van der Waals surface area contributed by atoms with Crippen LogP contribution in [-0.2, 0) is 4.79 Å². The van der Waals surface area contributed by atoms with E-state index >= 15 is 0 Å². The molecule has 2 rings (SSSR count). The van der Waals surface area contributed by atoms with Gasteiger partial charge in [-0.2, -0.15) is 0 Å². The number of nitrogens with one attached hydrogen (secondary N) is 2. The lowest BCUT2D eigenvalue weighted by atomic mass is 10.1. The monoisotopic (exact) mass is 210 g/mol. The van der Waals surface area contributed by atoms with Crippen molar-refractivity contribution in [2.75, 3.05) is 13.1 Å². The number of carbonyl (C=O) groups excluding carboxylic acids is 1. The van der Waals surface area contributed by atoms with Crippen LogP contribution in [0.2, 0.25) is 0 Å². The van der Waals surface area contributed by atoms with E-state index in [-0.39, 0.29) is 5.91 Å². The Morgan fingerprint density at radius 1 is 1.33 bits per heavy atom. The highest BCUT2D eigenvalue weighted by Crippen LogP contribution is 2.33. The largest absolute Gasteiger partial charge is 0.356 e. The summed E-state index contributed by atoms with van der Waals surface area (Å²) in [5, 5.41) is 6.36. The summed E-state index contributed by atoms with van der Waals surface area (Å²) in [4.78, 5) is 11.5. The lowest BCUT2D eigenvalue weighted by molar-refractivity contribution is -0.121. The first kappa shape index (κ1) is 10.9. The maximum Gasteiger partial charge on any atom is 0.221 e. The van der Waals surface area contributed by atoms with Crippen molar-refractivity contribution < 1.29 is 4.79 Å². The SMILES string of the molecule is O=C(CC1CCCN1)NCCCC1CC1. The zero-order chi connectivity index (χ0) is 10.5. The lowest BCUT2D eigenvalue weighted by Crippen LogP contribution is -2.32. The number of carbonyl (C=O) groups is 1. The van der Waals surface area contributed by atoms with Gasteiger partial charge in [-0.1, -0.05) is 12.8 Å². The highest BCUT2D eigenvalue weighted by atomic mass is 16.1. The van der Waals surface area contributed by atoms with E-state index in [0.29, 0.717) is 12.5 Å². The van der Waals surface area contributed by atoms with Crippen LogP contribution in [0.1, 0.15) is 44.9 Å². The van der Waals surface area contributed by atoms with Gasteiger partial charge in [0.1, 0.15) is 0 Å². The molecule has 0 spiro atoms. The Morgan fingerprint density at radius 2 is 2.20 bits per heavy atom. The first-order chi connectivity index (χ1) is 7.34. The molecule has 2 N–H and O–H groups in total. The molecule has 1 atom stereocenters.